The van der Waals surface area contributed by atoms with E-state index in [9.17, 15) is 4.79 Å². The molecule has 3 aromatic rings. The highest BCUT2D eigenvalue weighted by Gasteiger charge is 2.08. The molecular weight excluding hydrogens is 326 g/mol. The van der Waals surface area contributed by atoms with Gasteiger partial charge in [-0.05, 0) is 39.7 Å². The zero-order chi connectivity index (χ0) is 13.2. The average Bonchev–Trinajstić information content (AvgIpc) is 2.91. The van der Waals surface area contributed by atoms with Crippen LogP contribution < -0.4 is 5.56 Å². The number of nitrogens with zero attached hydrogens (tertiary/aromatic N) is 3. The molecule has 0 aromatic carbocycles. The van der Waals surface area contributed by atoms with E-state index in [0.29, 0.717) is 15.1 Å². The Balaban J connectivity index is 2.08. The number of thiazole rings is 1. The summed E-state index contributed by atoms with van der Waals surface area (Å²) in [5, 5.41) is 1.84. The molecule has 0 radical (unpaired) electrons. The van der Waals surface area contributed by atoms with Crippen LogP contribution in [0, 0.1) is 0 Å². The first kappa shape index (κ1) is 12.3. The minimum absolute atomic E-state index is 0.0966. The number of halogens is 1. The molecule has 4 nitrogen and oxygen atoms in total. The van der Waals surface area contributed by atoms with E-state index in [4.69, 9.17) is 0 Å². The van der Waals surface area contributed by atoms with Gasteiger partial charge in [0.15, 0.2) is 4.96 Å². The van der Waals surface area contributed by atoms with Crippen molar-refractivity contribution in [2.75, 3.05) is 0 Å². The summed E-state index contributed by atoms with van der Waals surface area (Å²) < 4.78 is 1.99. The molecule has 3 aromatic heterocycles. The van der Waals surface area contributed by atoms with E-state index in [1.54, 1.807) is 18.6 Å². The van der Waals surface area contributed by atoms with Crippen molar-refractivity contribution in [3.63, 3.8) is 0 Å². The average molecular weight is 334 g/mol. The van der Waals surface area contributed by atoms with Crippen molar-refractivity contribution in [2.24, 2.45) is 0 Å². The predicted octanol–water partition coefficient (Wildman–Crippen LogP) is 3.08. The van der Waals surface area contributed by atoms with Crippen LogP contribution in [0.2, 0.25) is 0 Å². The number of fused-ring (bicyclic) bond motifs is 1. The van der Waals surface area contributed by atoms with Crippen LogP contribution >= 0.6 is 27.3 Å². The molecule has 3 heterocycles. The standard InChI is InChI=1S/C13H8BrN3OS/c14-11-10(2-1-9-3-5-15-6-4-9)16-13-17(12(11)18)7-8-19-13/h1-8H. The third-order valence-corrected chi connectivity index (χ3v) is 4.08. The van der Waals surface area contributed by atoms with Crippen molar-refractivity contribution < 1.29 is 0 Å². The van der Waals surface area contributed by atoms with Gasteiger partial charge in [-0.15, -0.1) is 11.3 Å². The lowest BCUT2D eigenvalue weighted by molar-refractivity contribution is 1.05. The van der Waals surface area contributed by atoms with Crippen LogP contribution in [-0.2, 0) is 0 Å². The van der Waals surface area contributed by atoms with Crippen LogP contribution in [0.5, 0.6) is 0 Å². The van der Waals surface area contributed by atoms with Crippen LogP contribution in [0.1, 0.15) is 11.3 Å². The van der Waals surface area contributed by atoms with E-state index >= 15 is 0 Å². The molecule has 94 valence electrons. The Kier molecular flexibility index (Phi) is 3.27. The predicted molar refractivity (Wildman–Crippen MR) is 80.2 cm³/mol. The molecule has 0 aliphatic heterocycles. The van der Waals surface area contributed by atoms with Gasteiger partial charge >= 0.3 is 0 Å². The molecule has 0 fully saturated rings. The number of hydrogen-bond donors (Lipinski definition) is 0. The maximum atomic E-state index is 12.1. The molecule has 0 atom stereocenters. The molecule has 0 aliphatic rings. The van der Waals surface area contributed by atoms with Gasteiger partial charge in [-0.2, -0.15) is 0 Å². The first-order valence-electron chi connectivity index (χ1n) is 5.49. The Labute approximate surface area is 121 Å². The molecule has 19 heavy (non-hydrogen) atoms. The maximum Gasteiger partial charge on any atom is 0.273 e. The second kappa shape index (κ2) is 5.07. The third kappa shape index (κ3) is 2.36. The van der Waals surface area contributed by atoms with Gasteiger partial charge in [-0.1, -0.05) is 6.08 Å². The number of pyridine rings is 1. The molecule has 3 rings (SSSR count). The van der Waals surface area contributed by atoms with E-state index in [0.717, 1.165) is 5.56 Å². The Morgan fingerprint density at radius 3 is 2.84 bits per heavy atom. The van der Waals surface area contributed by atoms with Crippen molar-refractivity contribution in [3.8, 4) is 0 Å². The van der Waals surface area contributed by atoms with Crippen molar-refractivity contribution in [1.29, 1.82) is 0 Å². The van der Waals surface area contributed by atoms with E-state index < -0.39 is 0 Å². The van der Waals surface area contributed by atoms with Crippen molar-refractivity contribution >= 4 is 44.4 Å². The summed E-state index contributed by atoms with van der Waals surface area (Å²) in [6.07, 6.45) is 8.88. The summed E-state index contributed by atoms with van der Waals surface area (Å²) in [5.74, 6) is 0. The van der Waals surface area contributed by atoms with Crippen LogP contribution in [0.15, 0.2) is 45.4 Å². The molecule has 0 aliphatic carbocycles. The Bertz CT molecular complexity index is 808. The van der Waals surface area contributed by atoms with Gasteiger partial charge in [0, 0.05) is 24.0 Å². The lowest BCUT2D eigenvalue weighted by atomic mass is 10.2. The molecule has 6 heteroatoms. The first-order valence-corrected chi connectivity index (χ1v) is 7.16. The molecule has 0 bridgehead atoms. The Morgan fingerprint density at radius 2 is 2.05 bits per heavy atom. The fourth-order valence-electron chi connectivity index (χ4n) is 1.64. The van der Waals surface area contributed by atoms with Crippen LogP contribution in [0.4, 0.5) is 0 Å². The molecular formula is C13H8BrN3OS. The largest absolute Gasteiger partial charge is 0.273 e. The highest BCUT2D eigenvalue weighted by molar-refractivity contribution is 9.10. The van der Waals surface area contributed by atoms with Gasteiger partial charge in [-0.25, -0.2) is 4.98 Å². The van der Waals surface area contributed by atoms with Gasteiger partial charge in [0.05, 0.1) is 5.69 Å². The second-order valence-electron chi connectivity index (χ2n) is 3.79. The van der Waals surface area contributed by atoms with Crippen LogP contribution in [-0.4, -0.2) is 14.4 Å². The van der Waals surface area contributed by atoms with Gasteiger partial charge in [0.25, 0.3) is 5.56 Å². The topological polar surface area (TPSA) is 47.3 Å². The molecule has 0 spiro atoms. The normalized spacial score (nSPS) is 11.4. The number of hydrogen-bond acceptors (Lipinski definition) is 4. The second-order valence-corrected chi connectivity index (χ2v) is 5.45. The molecule has 0 amide bonds. The summed E-state index contributed by atoms with van der Waals surface area (Å²) in [5.41, 5.74) is 1.54. The van der Waals surface area contributed by atoms with Gasteiger partial charge in [-0.3, -0.25) is 14.2 Å². The SMILES string of the molecule is O=c1c(Br)c(C=Cc2ccncc2)nc2sccn12. The highest BCUT2D eigenvalue weighted by Crippen LogP contribution is 2.16. The van der Waals surface area contributed by atoms with Crippen molar-refractivity contribution in [1.82, 2.24) is 14.4 Å². The van der Waals surface area contributed by atoms with Crippen molar-refractivity contribution in [3.05, 3.63) is 62.2 Å². The van der Waals surface area contributed by atoms with Crippen LogP contribution in [0.3, 0.4) is 0 Å². The lowest BCUT2D eigenvalue weighted by Gasteiger charge is -1.99. The van der Waals surface area contributed by atoms with E-state index in [1.807, 2.05) is 29.7 Å². The lowest BCUT2D eigenvalue weighted by Crippen LogP contribution is -2.14. The first-order chi connectivity index (χ1) is 9.25. The minimum Gasteiger partial charge on any atom is -0.268 e. The monoisotopic (exact) mass is 333 g/mol. The summed E-state index contributed by atoms with van der Waals surface area (Å²) in [6, 6.07) is 3.78. The zero-order valence-corrected chi connectivity index (χ0v) is 12.1. The molecule has 0 unspecified atom stereocenters. The van der Waals surface area contributed by atoms with Crippen molar-refractivity contribution in [2.45, 2.75) is 0 Å². The Morgan fingerprint density at radius 1 is 1.26 bits per heavy atom. The fourth-order valence-corrected chi connectivity index (χ4v) is 2.76. The van der Waals surface area contributed by atoms with Gasteiger partial charge in [0.2, 0.25) is 0 Å². The number of aromatic nitrogens is 3. The number of rotatable bonds is 2. The smallest absolute Gasteiger partial charge is 0.268 e. The van der Waals surface area contributed by atoms with E-state index in [2.05, 4.69) is 25.9 Å². The summed E-state index contributed by atoms with van der Waals surface area (Å²) in [7, 11) is 0. The molecule has 0 saturated carbocycles. The highest BCUT2D eigenvalue weighted by atomic mass is 79.9. The van der Waals surface area contributed by atoms with Gasteiger partial charge < -0.3 is 0 Å². The van der Waals surface area contributed by atoms with Crippen LogP contribution in [0.25, 0.3) is 17.1 Å². The van der Waals surface area contributed by atoms with E-state index in [-0.39, 0.29) is 5.56 Å². The van der Waals surface area contributed by atoms with Gasteiger partial charge in [0.1, 0.15) is 4.47 Å². The fraction of sp³-hybridized carbons (Fsp3) is 0. The minimum atomic E-state index is -0.0966. The Hall–Kier alpha value is -1.79. The quantitative estimate of drug-likeness (QED) is 0.724. The van der Waals surface area contributed by atoms with E-state index in [1.165, 1.54) is 15.7 Å². The summed E-state index contributed by atoms with van der Waals surface area (Å²) >= 11 is 4.74. The summed E-state index contributed by atoms with van der Waals surface area (Å²) in [6.45, 7) is 0. The molecule has 0 saturated heterocycles. The maximum absolute atomic E-state index is 12.1. The summed E-state index contributed by atoms with van der Waals surface area (Å²) in [4.78, 5) is 21.1. The zero-order valence-electron chi connectivity index (χ0n) is 9.65. The third-order valence-electron chi connectivity index (χ3n) is 2.58. The molecule has 0 N–H and O–H groups in total.